The molecule has 4 nitrogen and oxygen atoms in total. The molecule has 0 aliphatic rings. The zero-order valence-electron chi connectivity index (χ0n) is 12.1. The Bertz CT molecular complexity index is 568. The number of aromatic nitrogens is 2. The summed E-state index contributed by atoms with van der Waals surface area (Å²) in [5.41, 5.74) is 2.24. The Morgan fingerprint density at radius 1 is 1.40 bits per heavy atom. The van der Waals surface area contributed by atoms with Gasteiger partial charge in [-0.2, -0.15) is 5.10 Å². The van der Waals surface area contributed by atoms with E-state index < -0.39 is 0 Å². The minimum Gasteiger partial charge on any atom is -0.495 e. The Balaban J connectivity index is 1.86. The molecule has 1 aromatic heterocycles. The Kier molecular flexibility index (Phi) is 5.04. The lowest BCUT2D eigenvalue weighted by molar-refractivity contribution is 0.414. The second kappa shape index (κ2) is 6.77. The van der Waals surface area contributed by atoms with Gasteiger partial charge in [0.2, 0.25) is 0 Å². The van der Waals surface area contributed by atoms with Gasteiger partial charge in [0.25, 0.3) is 0 Å². The van der Waals surface area contributed by atoms with Crippen molar-refractivity contribution in [1.29, 1.82) is 0 Å². The number of hydrogen-bond acceptors (Lipinski definition) is 3. The third-order valence-electron chi connectivity index (χ3n) is 3.16. The van der Waals surface area contributed by atoms with Crippen LogP contribution in [-0.2, 0) is 20.0 Å². The molecule has 1 heterocycles. The monoisotopic (exact) mass is 293 g/mol. The van der Waals surface area contributed by atoms with E-state index in [2.05, 4.69) is 17.3 Å². The van der Waals surface area contributed by atoms with Gasteiger partial charge in [-0.15, -0.1) is 0 Å². The van der Waals surface area contributed by atoms with Gasteiger partial charge < -0.3 is 10.1 Å². The summed E-state index contributed by atoms with van der Waals surface area (Å²) in [6.45, 7) is 2.93. The maximum absolute atomic E-state index is 6.11. The van der Waals surface area contributed by atoms with Crippen molar-refractivity contribution < 1.29 is 4.74 Å². The molecular weight excluding hydrogens is 274 g/mol. The van der Waals surface area contributed by atoms with Crippen LogP contribution in [0.4, 0.5) is 0 Å². The minimum atomic E-state index is 0.353. The second-order valence-electron chi connectivity index (χ2n) is 4.94. The number of nitrogens with one attached hydrogen (secondary N) is 1. The van der Waals surface area contributed by atoms with Crippen LogP contribution in [0.1, 0.15) is 18.2 Å². The molecule has 0 fully saturated rings. The Morgan fingerprint density at radius 2 is 2.20 bits per heavy atom. The Hall–Kier alpha value is -1.52. The fourth-order valence-corrected chi connectivity index (χ4v) is 2.35. The molecule has 0 saturated carbocycles. The van der Waals surface area contributed by atoms with Gasteiger partial charge >= 0.3 is 0 Å². The number of benzene rings is 1. The SMILES string of the molecule is COc1ccc(CNC(C)Cc2ccn(C)n2)cc1Cl. The van der Waals surface area contributed by atoms with Gasteiger partial charge in [-0.1, -0.05) is 17.7 Å². The van der Waals surface area contributed by atoms with E-state index in [9.17, 15) is 0 Å². The molecule has 1 N–H and O–H groups in total. The molecule has 5 heteroatoms. The molecule has 2 rings (SSSR count). The summed E-state index contributed by atoms with van der Waals surface area (Å²) in [6.07, 6.45) is 2.87. The summed E-state index contributed by atoms with van der Waals surface area (Å²) < 4.78 is 6.97. The van der Waals surface area contributed by atoms with Crippen LogP contribution in [-0.4, -0.2) is 22.9 Å². The van der Waals surface area contributed by atoms with Crippen molar-refractivity contribution >= 4 is 11.6 Å². The van der Waals surface area contributed by atoms with Gasteiger partial charge in [0.1, 0.15) is 5.75 Å². The topological polar surface area (TPSA) is 39.1 Å². The van der Waals surface area contributed by atoms with Crippen molar-refractivity contribution in [2.24, 2.45) is 7.05 Å². The maximum atomic E-state index is 6.11. The van der Waals surface area contributed by atoms with E-state index in [-0.39, 0.29) is 0 Å². The number of aryl methyl sites for hydroxylation is 1. The molecule has 0 spiro atoms. The second-order valence-corrected chi connectivity index (χ2v) is 5.34. The third-order valence-corrected chi connectivity index (χ3v) is 3.45. The zero-order valence-corrected chi connectivity index (χ0v) is 12.8. The van der Waals surface area contributed by atoms with Gasteiger partial charge in [-0.3, -0.25) is 4.68 Å². The molecule has 1 aromatic carbocycles. The molecule has 0 radical (unpaired) electrons. The minimum absolute atomic E-state index is 0.353. The lowest BCUT2D eigenvalue weighted by Crippen LogP contribution is -2.27. The van der Waals surface area contributed by atoms with E-state index in [0.29, 0.717) is 16.8 Å². The van der Waals surface area contributed by atoms with Crippen LogP contribution in [0, 0.1) is 0 Å². The van der Waals surface area contributed by atoms with Gasteiger partial charge in [0.05, 0.1) is 17.8 Å². The van der Waals surface area contributed by atoms with Crippen LogP contribution >= 0.6 is 11.6 Å². The van der Waals surface area contributed by atoms with Crippen LogP contribution in [0.5, 0.6) is 5.75 Å². The van der Waals surface area contributed by atoms with E-state index in [1.165, 1.54) is 0 Å². The van der Waals surface area contributed by atoms with Crippen molar-refractivity contribution in [3.05, 3.63) is 46.7 Å². The maximum Gasteiger partial charge on any atom is 0.137 e. The van der Waals surface area contributed by atoms with E-state index in [1.807, 2.05) is 42.2 Å². The van der Waals surface area contributed by atoms with Gasteiger partial charge in [0.15, 0.2) is 0 Å². The number of methoxy groups -OCH3 is 1. The van der Waals surface area contributed by atoms with Crippen molar-refractivity contribution in [3.8, 4) is 5.75 Å². The highest BCUT2D eigenvalue weighted by Crippen LogP contribution is 2.24. The molecule has 0 aliphatic heterocycles. The Morgan fingerprint density at radius 3 is 2.80 bits per heavy atom. The van der Waals surface area contributed by atoms with Crippen LogP contribution in [0.2, 0.25) is 5.02 Å². The van der Waals surface area contributed by atoms with E-state index >= 15 is 0 Å². The van der Waals surface area contributed by atoms with Crippen LogP contribution < -0.4 is 10.1 Å². The quantitative estimate of drug-likeness (QED) is 0.890. The predicted octanol–water partition coefficient (Wildman–Crippen LogP) is 2.80. The molecule has 0 amide bonds. The summed E-state index contributed by atoms with van der Waals surface area (Å²) in [7, 11) is 3.55. The Labute approximate surface area is 124 Å². The molecular formula is C15H20ClN3O. The summed E-state index contributed by atoms with van der Waals surface area (Å²) in [5, 5.41) is 8.50. The lowest BCUT2D eigenvalue weighted by Gasteiger charge is -2.13. The zero-order chi connectivity index (χ0) is 14.5. The molecule has 1 atom stereocenters. The first-order chi connectivity index (χ1) is 9.58. The number of hydrogen-bond donors (Lipinski definition) is 1. The molecule has 0 bridgehead atoms. The first-order valence-corrected chi connectivity index (χ1v) is 7.00. The fourth-order valence-electron chi connectivity index (χ4n) is 2.07. The smallest absolute Gasteiger partial charge is 0.137 e. The van der Waals surface area contributed by atoms with Crippen LogP contribution in [0.15, 0.2) is 30.5 Å². The highest BCUT2D eigenvalue weighted by molar-refractivity contribution is 6.32. The average molecular weight is 294 g/mol. The first-order valence-electron chi connectivity index (χ1n) is 6.63. The van der Waals surface area contributed by atoms with Gasteiger partial charge in [-0.05, 0) is 30.7 Å². The third kappa shape index (κ3) is 3.99. The number of ether oxygens (including phenoxy) is 1. The molecule has 2 aromatic rings. The van der Waals surface area contributed by atoms with Gasteiger partial charge in [0, 0.05) is 32.3 Å². The normalized spacial score (nSPS) is 12.4. The predicted molar refractivity (Wildman–Crippen MR) is 81.2 cm³/mol. The lowest BCUT2D eigenvalue weighted by atomic mass is 10.1. The number of nitrogens with zero attached hydrogens (tertiary/aromatic N) is 2. The van der Waals surface area contributed by atoms with Crippen LogP contribution in [0.3, 0.4) is 0 Å². The van der Waals surface area contributed by atoms with Crippen molar-refractivity contribution in [1.82, 2.24) is 15.1 Å². The molecule has 0 aliphatic carbocycles. The summed E-state index contributed by atoms with van der Waals surface area (Å²) in [6, 6.07) is 8.24. The average Bonchev–Trinajstić information content (AvgIpc) is 2.82. The molecule has 20 heavy (non-hydrogen) atoms. The van der Waals surface area contributed by atoms with E-state index in [4.69, 9.17) is 16.3 Å². The van der Waals surface area contributed by atoms with E-state index in [0.717, 1.165) is 24.2 Å². The summed E-state index contributed by atoms with van der Waals surface area (Å²) >= 11 is 6.11. The van der Waals surface area contributed by atoms with E-state index in [1.54, 1.807) is 7.11 Å². The highest BCUT2D eigenvalue weighted by Gasteiger charge is 2.07. The highest BCUT2D eigenvalue weighted by atomic mass is 35.5. The first kappa shape index (κ1) is 14.9. The number of halogens is 1. The molecule has 1 unspecified atom stereocenters. The van der Waals surface area contributed by atoms with Crippen molar-refractivity contribution in [2.45, 2.75) is 25.9 Å². The van der Waals surface area contributed by atoms with Gasteiger partial charge in [-0.25, -0.2) is 0 Å². The molecule has 108 valence electrons. The fraction of sp³-hybridized carbons (Fsp3) is 0.400. The van der Waals surface area contributed by atoms with Crippen LogP contribution in [0.25, 0.3) is 0 Å². The molecule has 0 saturated heterocycles. The van der Waals surface area contributed by atoms with Crippen molar-refractivity contribution in [2.75, 3.05) is 7.11 Å². The summed E-state index contributed by atoms with van der Waals surface area (Å²) in [4.78, 5) is 0. The standard InChI is InChI=1S/C15H20ClN3O/c1-11(8-13-6-7-19(2)18-13)17-10-12-4-5-15(20-3)14(16)9-12/h4-7,9,11,17H,8,10H2,1-3H3. The largest absolute Gasteiger partial charge is 0.495 e. The van der Waals surface area contributed by atoms with Crippen molar-refractivity contribution in [3.63, 3.8) is 0 Å². The summed E-state index contributed by atoms with van der Waals surface area (Å²) in [5.74, 6) is 0.706. The number of rotatable bonds is 6.